The smallest absolute Gasteiger partial charge is 0.239 e. The van der Waals surface area contributed by atoms with Crippen LogP contribution in [0.3, 0.4) is 0 Å². The molecule has 0 saturated carbocycles. The third kappa shape index (κ3) is 2.32. The lowest BCUT2D eigenvalue weighted by molar-refractivity contribution is -0.118. The number of carbonyl (C=O) groups is 1. The van der Waals surface area contributed by atoms with Gasteiger partial charge in [0, 0.05) is 12.4 Å². The molecule has 6 heteroatoms. The van der Waals surface area contributed by atoms with E-state index in [9.17, 15) is 4.79 Å². The van der Waals surface area contributed by atoms with Gasteiger partial charge in [-0.25, -0.2) is 4.98 Å². The summed E-state index contributed by atoms with van der Waals surface area (Å²) in [6, 6.07) is 7.08. The number of anilines is 2. The highest BCUT2D eigenvalue weighted by molar-refractivity contribution is 5.92. The normalized spacial score (nSPS) is 12.1. The van der Waals surface area contributed by atoms with Gasteiger partial charge in [-0.15, -0.1) is 0 Å². The fourth-order valence-electron chi connectivity index (χ4n) is 1.57. The number of nitrogens with two attached hydrogens (primary N) is 1. The number of para-hydroxylation sites is 1. The first-order chi connectivity index (χ1) is 8.61. The van der Waals surface area contributed by atoms with Gasteiger partial charge in [0.25, 0.3) is 0 Å². The highest BCUT2D eigenvalue weighted by Crippen LogP contribution is 2.22. The third-order valence-corrected chi connectivity index (χ3v) is 2.61. The summed E-state index contributed by atoms with van der Waals surface area (Å²) in [4.78, 5) is 19.7. The fourth-order valence-corrected chi connectivity index (χ4v) is 1.57. The third-order valence-electron chi connectivity index (χ3n) is 2.61. The maximum atomic E-state index is 11.1. The van der Waals surface area contributed by atoms with Crippen molar-refractivity contribution in [1.82, 2.24) is 9.97 Å². The SMILES string of the molecule is CNc1nc(NC(C)C(N)=O)c2ccccc2n1. The quantitative estimate of drug-likeness (QED) is 0.746. The number of fused-ring (bicyclic) bond motifs is 1. The molecule has 0 saturated heterocycles. The number of nitrogens with one attached hydrogen (secondary N) is 2. The van der Waals surface area contributed by atoms with Crippen molar-refractivity contribution in [3.8, 4) is 0 Å². The van der Waals surface area contributed by atoms with Crippen LogP contribution in [-0.4, -0.2) is 29.0 Å². The number of hydrogen-bond donors (Lipinski definition) is 3. The predicted octanol–water partition coefficient (Wildman–Crippen LogP) is 0.957. The van der Waals surface area contributed by atoms with Gasteiger partial charge < -0.3 is 16.4 Å². The van der Waals surface area contributed by atoms with E-state index in [-0.39, 0.29) is 0 Å². The average molecular weight is 245 g/mol. The van der Waals surface area contributed by atoms with E-state index < -0.39 is 11.9 Å². The Morgan fingerprint density at radius 2 is 2.06 bits per heavy atom. The Kier molecular flexibility index (Phi) is 3.27. The van der Waals surface area contributed by atoms with Crippen LogP contribution in [0.5, 0.6) is 0 Å². The van der Waals surface area contributed by atoms with Crippen LogP contribution in [0.15, 0.2) is 24.3 Å². The Hall–Kier alpha value is -2.37. The lowest BCUT2D eigenvalue weighted by Gasteiger charge is -2.13. The molecule has 1 unspecified atom stereocenters. The molecular formula is C12H15N5O. The van der Waals surface area contributed by atoms with Crippen LogP contribution in [0, 0.1) is 0 Å². The topological polar surface area (TPSA) is 92.9 Å². The van der Waals surface area contributed by atoms with Crippen molar-refractivity contribution < 1.29 is 4.79 Å². The van der Waals surface area contributed by atoms with E-state index >= 15 is 0 Å². The first-order valence-corrected chi connectivity index (χ1v) is 5.62. The van der Waals surface area contributed by atoms with Crippen LogP contribution in [0.2, 0.25) is 0 Å². The summed E-state index contributed by atoms with van der Waals surface area (Å²) in [7, 11) is 1.74. The molecule has 2 aromatic rings. The number of benzene rings is 1. The van der Waals surface area contributed by atoms with Crippen molar-refractivity contribution in [2.24, 2.45) is 5.73 Å². The van der Waals surface area contributed by atoms with E-state index in [4.69, 9.17) is 5.73 Å². The number of rotatable bonds is 4. The second kappa shape index (κ2) is 4.87. The molecule has 0 fully saturated rings. The molecule has 1 aromatic heterocycles. The first kappa shape index (κ1) is 12.1. The van der Waals surface area contributed by atoms with Gasteiger partial charge in [-0.3, -0.25) is 4.79 Å². The molecule has 1 atom stereocenters. The standard InChI is InChI=1S/C12H15N5O/c1-7(10(13)18)15-11-8-5-3-4-6-9(8)16-12(14-2)17-11/h3-7H,1-2H3,(H2,13,18)(H2,14,15,16,17). The summed E-state index contributed by atoms with van der Waals surface area (Å²) < 4.78 is 0. The van der Waals surface area contributed by atoms with Gasteiger partial charge in [-0.2, -0.15) is 4.98 Å². The largest absolute Gasteiger partial charge is 0.368 e. The van der Waals surface area contributed by atoms with E-state index in [1.54, 1.807) is 14.0 Å². The summed E-state index contributed by atoms with van der Waals surface area (Å²) in [6.45, 7) is 1.69. The maximum Gasteiger partial charge on any atom is 0.239 e. The first-order valence-electron chi connectivity index (χ1n) is 5.62. The Labute approximate surface area is 105 Å². The van der Waals surface area contributed by atoms with Crippen LogP contribution >= 0.6 is 0 Å². The molecule has 1 aromatic carbocycles. The van der Waals surface area contributed by atoms with Gasteiger partial charge in [-0.1, -0.05) is 12.1 Å². The van der Waals surface area contributed by atoms with Gasteiger partial charge in [-0.05, 0) is 19.1 Å². The molecule has 0 radical (unpaired) electrons. The molecule has 0 aliphatic rings. The highest BCUT2D eigenvalue weighted by Gasteiger charge is 2.12. The van der Waals surface area contributed by atoms with Crippen molar-refractivity contribution in [3.05, 3.63) is 24.3 Å². The van der Waals surface area contributed by atoms with Gasteiger partial charge in [0.2, 0.25) is 11.9 Å². The Morgan fingerprint density at radius 3 is 2.72 bits per heavy atom. The Morgan fingerprint density at radius 1 is 1.33 bits per heavy atom. The van der Waals surface area contributed by atoms with Crippen molar-refractivity contribution >= 4 is 28.6 Å². The molecule has 0 bridgehead atoms. The molecule has 0 aliphatic heterocycles. The zero-order valence-electron chi connectivity index (χ0n) is 10.3. The summed E-state index contributed by atoms with van der Waals surface area (Å²) >= 11 is 0. The average Bonchev–Trinajstić information content (AvgIpc) is 2.38. The number of primary amides is 1. The lowest BCUT2D eigenvalue weighted by atomic mass is 10.2. The number of hydrogen-bond acceptors (Lipinski definition) is 5. The van der Waals surface area contributed by atoms with Crippen LogP contribution in [0.4, 0.5) is 11.8 Å². The predicted molar refractivity (Wildman–Crippen MR) is 71.4 cm³/mol. The Balaban J connectivity index is 2.50. The molecule has 0 aliphatic carbocycles. The molecule has 18 heavy (non-hydrogen) atoms. The number of aromatic nitrogens is 2. The van der Waals surface area contributed by atoms with Crippen LogP contribution in [0.1, 0.15) is 6.92 Å². The zero-order chi connectivity index (χ0) is 13.1. The number of nitrogens with zero attached hydrogens (tertiary/aromatic N) is 2. The summed E-state index contributed by atoms with van der Waals surface area (Å²) in [5, 5.41) is 6.73. The minimum atomic E-state index is -0.493. The van der Waals surface area contributed by atoms with Crippen molar-refractivity contribution in [2.75, 3.05) is 17.7 Å². The molecular weight excluding hydrogens is 230 g/mol. The summed E-state index contributed by atoms with van der Waals surface area (Å²) in [6.07, 6.45) is 0. The van der Waals surface area contributed by atoms with Gasteiger partial charge in [0.1, 0.15) is 11.9 Å². The monoisotopic (exact) mass is 245 g/mol. The van der Waals surface area contributed by atoms with Crippen LogP contribution in [-0.2, 0) is 4.79 Å². The van der Waals surface area contributed by atoms with Gasteiger partial charge in [0.05, 0.1) is 5.52 Å². The lowest BCUT2D eigenvalue weighted by Crippen LogP contribution is -2.32. The van der Waals surface area contributed by atoms with Crippen molar-refractivity contribution in [1.29, 1.82) is 0 Å². The molecule has 94 valence electrons. The molecule has 1 amide bonds. The number of amides is 1. The van der Waals surface area contributed by atoms with Crippen LogP contribution in [0.25, 0.3) is 10.9 Å². The Bertz CT molecular complexity index is 584. The van der Waals surface area contributed by atoms with Gasteiger partial charge in [0.15, 0.2) is 0 Å². The summed E-state index contributed by atoms with van der Waals surface area (Å²) in [5.74, 6) is 0.660. The second-order valence-electron chi connectivity index (χ2n) is 3.93. The van der Waals surface area contributed by atoms with Crippen molar-refractivity contribution in [2.45, 2.75) is 13.0 Å². The molecule has 0 spiro atoms. The second-order valence-corrected chi connectivity index (χ2v) is 3.93. The zero-order valence-corrected chi connectivity index (χ0v) is 10.3. The van der Waals surface area contributed by atoms with E-state index in [0.29, 0.717) is 11.8 Å². The maximum absolute atomic E-state index is 11.1. The molecule has 2 rings (SSSR count). The van der Waals surface area contributed by atoms with Gasteiger partial charge >= 0.3 is 0 Å². The van der Waals surface area contributed by atoms with E-state index in [2.05, 4.69) is 20.6 Å². The summed E-state index contributed by atoms with van der Waals surface area (Å²) in [5.41, 5.74) is 6.04. The number of carbonyl (C=O) groups excluding carboxylic acids is 1. The fraction of sp³-hybridized carbons (Fsp3) is 0.250. The minimum absolute atomic E-state index is 0.427. The van der Waals surface area contributed by atoms with Crippen LogP contribution < -0.4 is 16.4 Å². The molecule has 6 nitrogen and oxygen atoms in total. The highest BCUT2D eigenvalue weighted by atomic mass is 16.1. The van der Waals surface area contributed by atoms with Crippen molar-refractivity contribution in [3.63, 3.8) is 0 Å². The molecule has 1 heterocycles. The van der Waals surface area contributed by atoms with E-state index in [0.717, 1.165) is 10.9 Å². The minimum Gasteiger partial charge on any atom is -0.368 e. The van der Waals surface area contributed by atoms with E-state index in [1.807, 2.05) is 24.3 Å². The van der Waals surface area contributed by atoms with E-state index in [1.165, 1.54) is 0 Å². The molecule has 4 N–H and O–H groups in total.